The zero-order chi connectivity index (χ0) is 36.0. The number of carbonyl (C=O) groups is 4. The number of hydrogen-bond acceptors (Lipinski definition) is 9. The van der Waals surface area contributed by atoms with Crippen LogP contribution in [0.3, 0.4) is 0 Å². The van der Waals surface area contributed by atoms with Gasteiger partial charge in [0, 0.05) is 17.7 Å². The van der Waals surface area contributed by atoms with E-state index in [9.17, 15) is 27.6 Å². The molecule has 1 saturated heterocycles. The molecule has 0 radical (unpaired) electrons. The van der Waals surface area contributed by atoms with Crippen molar-refractivity contribution in [1.82, 2.24) is 25.2 Å². The highest BCUT2D eigenvalue weighted by Gasteiger charge is 2.62. The van der Waals surface area contributed by atoms with Crippen molar-refractivity contribution in [3.63, 3.8) is 0 Å². The van der Waals surface area contributed by atoms with Gasteiger partial charge in [-0.2, -0.15) is 0 Å². The zero-order valence-corrected chi connectivity index (χ0v) is 29.8. The Hall–Kier alpha value is -4.17. The Labute approximate surface area is 296 Å². The first-order valence-electron chi connectivity index (χ1n) is 16.8. The maximum absolute atomic E-state index is 14.4. The molecule has 2 aliphatic carbocycles. The molecule has 1 aromatic heterocycles. The van der Waals surface area contributed by atoms with Crippen LogP contribution in [0.1, 0.15) is 64.9 Å². The fourth-order valence-electron chi connectivity index (χ4n) is 6.51. The minimum Gasteiger partial charge on any atom is -0.472 e. The minimum absolute atomic E-state index is 0.00495. The quantitative estimate of drug-likeness (QED) is 0.295. The van der Waals surface area contributed by atoms with E-state index in [0.29, 0.717) is 31.1 Å². The topological polar surface area (TPSA) is 173 Å². The van der Waals surface area contributed by atoms with E-state index in [1.54, 1.807) is 26.8 Å². The molecule has 3 heterocycles. The second kappa shape index (κ2) is 13.5. The Morgan fingerprint density at radius 1 is 1.20 bits per heavy atom. The molecule has 2 aromatic rings. The molecule has 2 saturated carbocycles. The Bertz CT molecular complexity index is 1870. The molecular formula is C35H42ClN5O8S. The maximum atomic E-state index is 14.4. The summed E-state index contributed by atoms with van der Waals surface area (Å²) in [4.78, 5) is 60.7. The number of amides is 4. The van der Waals surface area contributed by atoms with Gasteiger partial charge in [-0.05, 0) is 60.6 Å². The van der Waals surface area contributed by atoms with Crippen molar-refractivity contribution in [3.05, 3.63) is 53.7 Å². The number of benzene rings is 1. The van der Waals surface area contributed by atoms with Gasteiger partial charge in [0.15, 0.2) is 0 Å². The number of alkyl carbamates (subject to hydrolysis) is 1. The van der Waals surface area contributed by atoms with Gasteiger partial charge in [0.2, 0.25) is 27.7 Å². The molecule has 4 bridgehead atoms. The standard InChI is InChI=1S/C35H42ClN5O8S/c1-5-22-18-35(22,32(44)40-50(46,47)24-12-13-24)39-29(42)26-17-23-19-41(26)31(43)28(34(2,3)4)38-33(45)48-14-8-6-7-9-20-10-11-21-16-27(36)37-30(49-23)25(21)15-20/h5,7,9-11,15-16,22-24,26,28H,1,6,8,12-14,17-19H2,2-4H3,(H,38,45)(H,39,42)(H,40,44)/b9-7+/t22-,23-,26+,28-,35-/m1/s1. The molecule has 13 nitrogen and oxygen atoms in total. The number of allylic oxidation sites excluding steroid dienone is 1. The highest BCUT2D eigenvalue weighted by molar-refractivity contribution is 7.91. The summed E-state index contributed by atoms with van der Waals surface area (Å²) in [6, 6.07) is 5.21. The van der Waals surface area contributed by atoms with E-state index in [4.69, 9.17) is 21.1 Å². The van der Waals surface area contributed by atoms with Crippen molar-refractivity contribution in [1.29, 1.82) is 0 Å². The third kappa shape index (κ3) is 7.46. The number of hydrogen-bond donors (Lipinski definition) is 3. The fourth-order valence-corrected chi connectivity index (χ4v) is 8.07. The summed E-state index contributed by atoms with van der Waals surface area (Å²) in [5.74, 6) is -2.37. The lowest BCUT2D eigenvalue weighted by atomic mass is 9.85. The van der Waals surface area contributed by atoms with Crippen molar-refractivity contribution in [2.75, 3.05) is 13.2 Å². The smallest absolute Gasteiger partial charge is 0.407 e. The number of sulfonamides is 1. The largest absolute Gasteiger partial charge is 0.472 e. The summed E-state index contributed by atoms with van der Waals surface area (Å²) in [6.07, 6.45) is 6.15. The number of ether oxygens (including phenoxy) is 2. The summed E-state index contributed by atoms with van der Waals surface area (Å²) in [5.41, 5.74) is -1.47. The number of cyclic esters (lactones) is 1. The number of aromatic nitrogens is 1. The number of pyridine rings is 1. The fraction of sp³-hybridized carbons (Fsp3) is 0.514. The second-order valence-corrected chi connectivity index (χ2v) is 16.9. The lowest BCUT2D eigenvalue weighted by Crippen LogP contribution is -2.60. The number of halogens is 1. The van der Waals surface area contributed by atoms with E-state index in [2.05, 4.69) is 26.9 Å². The van der Waals surface area contributed by atoms with Crippen molar-refractivity contribution in [2.45, 2.75) is 88.3 Å². The highest BCUT2D eigenvalue weighted by atomic mass is 35.5. The van der Waals surface area contributed by atoms with Crippen molar-refractivity contribution in [2.24, 2.45) is 11.3 Å². The second-order valence-electron chi connectivity index (χ2n) is 14.5. The van der Waals surface area contributed by atoms with Gasteiger partial charge >= 0.3 is 6.09 Å². The van der Waals surface area contributed by atoms with Crippen LogP contribution in [0.25, 0.3) is 16.8 Å². The van der Waals surface area contributed by atoms with E-state index >= 15 is 0 Å². The minimum atomic E-state index is -3.90. The van der Waals surface area contributed by atoms with Crippen LogP contribution in [0.5, 0.6) is 5.88 Å². The molecule has 1 aromatic carbocycles. The first-order chi connectivity index (χ1) is 23.6. The summed E-state index contributed by atoms with van der Waals surface area (Å²) < 4.78 is 39.3. The number of fused-ring (bicyclic) bond motifs is 3. The molecule has 0 unspecified atom stereocenters. The van der Waals surface area contributed by atoms with Gasteiger partial charge in [0.25, 0.3) is 5.91 Å². The summed E-state index contributed by atoms with van der Waals surface area (Å²) in [6.45, 7) is 9.17. The average Bonchev–Trinajstić information content (AvgIpc) is 3.97. The normalized spacial score (nSPS) is 28.0. The highest BCUT2D eigenvalue weighted by Crippen LogP contribution is 2.45. The van der Waals surface area contributed by atoms with Gasteiger partial charge in [0.05, 0.1) is 18.4 Å². The van der Waals surface area contributed by atoms with Crippen LogP contribution in [-0.2, 0) is 29.1 Å². The van der Waals surface area contributed by atoms with Crippen LogP contribution in [0.2, 0.25) is 5.15 Å². The summed E-state index contributed by atoms with van der Waals surface area (Å²) in [7, 11) is -3.90. The van der Waals surface area contributed by atoms with Gasteiger partial charge in [-0.3, -0.25) is 19.1 Å². The predicted molar refractivity (Wildman–Crippen MR) is 187 cm³/mol. The van der Waals surface area contributed by atoms with Gasteiger partial charge in [-0.1, -0.05) is 62.7 Å². The van der Waals surface area contributed by atoms with Crippen LogP contribution in [0, 0.1) is 11.3 Å². The first-order valence-corrected chi connectivity index (χ1v) is 18.7. The van der Waals surface area contributed by atoms with E-state index in [-0.39, 0.29) is 37.0 Å². The molecular weight excluding hydrogens is 686 g/mol. The monoisotopic (exact) mass is 727 g/mol. The third-order valence-corrected chi connectivity index (χ3v) is 11.6. The molecule has 50 heavy (non-hydrogen) atoms. The molecule has 0 spiro atoms. The Morgan fingerprint density at radius 3 is 2.64 bits per heavy atom. The van der Waals surface area contributed by atoms with E-state index < -0.39 is 74.1 Å². The molecule has 2 aliphatic heterocycles. The van der Waals surface area contributed by atoms with Crippen LogP contribution in [0.4, 0.5) is 4.79 Å². The van der Waals surface area contributed by atoms with Crippen molar-refractivity contribution in [3.8, 4) is 5.88 Å². The number of nitrogens with zero attached hydrogens (tertiary/aromatic N) is 2. The lowest BCUT2D eigenvalue weighted by Gasteiger charge is -2.35. The summed E-state index contributed by atoms with van der Waals surface area (Å²) in [5, 5.41) is 6.51. The zero-order valence-electron chi connectivity index (χ0n) is 28.2. The Kier molecular flexibility index (Phi) is 9.64. The molecule has 5 atom stereocenters. The molecule has 6 rings (SSSR count). The van der Waals surface area contributed by atoms with E-state index in [0.717, 1.165) is 10.9 Å². The number of nitrogens with one attached hydrogen (secondary N) is 3. The number of carbonyl (C=O) groups excluding carboxylic acids is 4. The molecule has 15 heteroatoms. The van der Waals surface area contributed by atoms with Gasteiger partial charge in [-0.25, -0.2) is 18.2 Å². The van der Waals surface area contributed by atoms with E-state index in [1.807, 2.05) is 30.4 Å². The van der Waals surface area contributed by atoms with Crippen LogP contribution in [0.15, 0.2) is 43.0 Å². The summed E-state index contributed by atoms with van der Waals surface area (Å²) >= 11 is 6.39. The lowest BCUT2D eigenvalue weighted by molar-refractivity contribution is -0.142. The van der Waals surface area contributed by atoms with Crippen molar-refractivity contribution < 1.29 is 37.1 Å². The maximum Gasteiger partial charge on any atom is 0.407 e. The predicted octanol–water partition coefficient (Wildman–Crippen LogP) is 3.85. The van der Waals surface area contributed by atoms with E-state index in [1.165, 1.54) is 11.0 Å². The SMILES string of the molecule is C=C[C@@H]1C[C@]1(NC(=O)[C@@H]1C[C@@H]2CN1C(=O)[C@H](C(C)(C)C)NC(=O)OCCC/C=C/c1ccc3cc(Cl)nc(c3c1)O2)C(=O)NS(=O)(=O)C1CC1. The molecule has 4 amide bonds. The molecule has 268 valence electrons. The average molecular weight is 728 g/mol. The number of rotatable bonds is 6. The van der Waals surface area contributed by atoms with Crippen LogP contribution < -0.4 is 20.1 Å². The Morgan fingerprint density at radius 2 is 1.96 bits per heavy atom. The molecule has 4 aliphatic rings. The third-order valence-electron chi connectivity index (χ3n) is 9.60. The van der Waals surface area contributed by atoms with Gasteiger partial charge in [0.1, 0.15) is 28.9 Å². The van der Waals surface area contributed by atoms with Gasteiger partial charge < -0.3 is 25.0 Å². The van der Waals surface area contributed by atoms with Crippen molar-refractivity contribution >= 4 is 62.3 Å². The van der Waals surface area contributed by atoms with Gasteiger partial charge in [-0.15, -0.1) is 6.58 Å². The Balaban J connectivity index is 1.35. The molecule has 3 N–H and O–H groups in total. The van der Waals surface area contributed by atoms with Crippen LogP contribution >= 0.6 is 11.6 Å². The first kappa shape index (κ1) is 35.6. The van der Waals surface area contributed by atoms with Crippen LogP contribution in [-0.4, -0.2) is 84.2 Å². The molecule has 3 fully saturated rings.